The van der Waals surface area contributed by atoms with E-state index in [0.717, 1.165) is 35.9 Å². The molecule has 1 fully saturated rings. The highest BCUT2D eigenvalue weighted by Gasteiger charge is 2.30. The number of piperidine rings is 1. The molecule has 0 aromatic heterocycles. The second-order valence-corrected chi connectivity index (χ2v) is 8.06. The van der Waals surface area contributed by atoms with Gasteiger partial charge < -0.3 is 19.5 Å². The summed E-state index contributed by atoms with van der Waals surface area (Å²) < 4.78 is 16.6. The van der Waals surface area contributed by atoms with Crippen molar-refractivity contribution in [3.63, 3.8) is 0 Å². The molecule has 2 aliphatic heterocycles. The minimum absolute atomic E-state index is 0.288. The van der Waals surface area contributed by atoms with Crippen molar-refractivity contribution >= 4 is 0 Å². The smallest absolute Gasteiger partial charge is 0.231 e. The normalized spacial score (nSPS) is 21.7. The molecule has 5 rings (SSSR count). The summed E-state index contributed by atoms with van der Waals surface area (Å²) in [6, 6.07) is 14.1. The highest BCUT2D eigenvalue weighted by atomic mass is 16.7. The Hall–Kier alpha value is -2.24. The van der Waals surface area contributed by atoms with Crippen LogP contribution in [0.5, 0.6) is 17.2 Å². The number of nitrogens with one attached hydrogen (secondary N) is 1. The summed E-state index contributed by atoms with van der Waals surface area (Å²) in [7, 11) is 1.71. The number of hydrogen-bond donors (Lipinski definition) is 1. The van der Waals surface area contributed by atoms with Gasteiger partial charge in [-0.25, -0.2) is 0 Å². The average molecular weight is 380 g/mol. The Kier molecular flexibility index (Phi) is 4.87. The second-order valence-electron chi connectivity index (χ2n) is 8.06. The van der Waals surface area contributed by atoms with Crippen LogP contribution in [-0.2, 0) is 19.4 Å². The van der Waals surface area contributed by atoms with Gasteiger partial charge in [0, 0.05) is 36.8 Å². The van der Waals surface area contributed by atoms with Crippen molar-refractivity contribution in [3.05, 3.63) is 53.1 Å². The van der Waals surface area contributed by atoms with Gasteiger partial charge in [-0.1, -0.05) is 24.3 Å². The van der Waals surface area contributed by atoms with E-state index in [1.165, 1.54) is 43.4 Å². The van der Waals surface area contributed by atoms with Crippen LogP contribution in [0.25, 0.3) is 0 Å². The molecule has 2 heterocycles. The van der Waals surface area contributed by atoms with E-state index in [2.05, 4.69) is 34.5 Å². The first-order valence-corrected chi connectivity index (χ1v) is 10.3. The molecule has 0 saturated carbocycles. The Morgan fingerprint density at radius 2 is 1.86 bits per heavy atom. The van der Waals surface area contributed by atoms with Gasteiger partial charge in [0.2, 0.25) is 6.79 Å². The number of fused-ring (bicyclic) bond motifs is 2. The minimum atomic E-state index is 0.288. The highest BCUT2D eigenvalue weighted by molar-refractivity contribution is 5.51. The van der Waals surface area contributed by atoms with Crippen LogP contribution in [0, 0.1) is 0 Å². The molecule has 5 heteroatoms. The lowest BCUT2D eigenvalue weighted by molar-refractivity contribution is 0.140. The van der Waals surface area contributed by atoms with Gasteiger partial charge in [-0.05, 0) is 49.4 Å². The molecule has 1 N–H and O–H groups in total. The topological polar surface area (TPSA) is 43.0 Å². The second kappa shape index (κ2) is 7.64. The monoisotopic (exact) mass is 380 g/mol. The molecular formula is C23H28N2O3. The molecule has 1 saturated heterocycles. The zero-order valence-corrected chi connectivity index (χ0v) is 16.4. The molecular weight excluding hydrogens is 352 g/mol. The Morgan fingerprint density at radius 1 is 1.11 bits per heavy atom. The lowest BCUT2D eigenvalue weighted by Crippen LogP contribution is -2.49. The van der Waals surface area contributed by atoms with E-state index in [1.807, 2.05) is 12.1 Å². The van der Waals surface area contributed by atoms with Gasteiger partial charge in [-0.2, -0.15) is 0 Å². The van der Waals surface area contributed by atoms with E-state index in [-0.39, 0.29) is 6.79 Å². The third-order valence-corrected chi connectivity index (χ3v) is 6.36. The molecule has 5 nitrogen and oxygen atoms in total. The van der Waals surface area contributed by atoms with Crippen LogP contribution in [0.3, 0.4) is 0 Å². The molecule has 2 aromatic carbocycles. The van der Waals surface area contributed by atoms with Crippen molar-refractivity contribution in [2.24, 2.45) is 0 Å². The molecule has 0 radical (unpaired) electrons. The molecule has 0 bridgehead atoms. The summed E-state index contributed by atoms with van der Waals surface area (Å²) in [5.41, 5.74) is 4.19. The molecule has 0 amide bonds. The zero-order chi connectivity index (χ0) is 18.9. The Balaban J connectivity index is 1.21. The van der Waals surface area contributed by atoms with Crippen molar-refractivity contribution in [1.82, 2.24) is 10.2 Å². The third kappa shape index (κ3) is 3.45. The van der Waals surface area contributed by atoms with Crippen LogP contribution in [0.4, 0.5) is 0 Å². The van der Waals surface area contributed by atoms with Gasteiger partial charge in [0.05, 0.1) is 7.11 Å². The van der Waals surface area contributed by atoms with Crippen LogP contribution < -0.4 is 19.5 Å². The molecule has 3 aliphatic rings. The van der Waals surface area contributed by atoms with Gasteiger partial charge in [-0.3, -0.25) is 4.90 Å². The van der Waals surface area contributed by atoms with Crippen molar-refractivity contribution in [2.75, 3.05) is 27.0 Å². The van der Waals surface area contributed by atoms with Gasteiger partial charge in [0.25, 0.3) is 0 Å². The van der Waals surface area contributed by atoms with E-state index in [4.69, 9.17) is 14.2 Å². The Bertz CT molecular complexity index is 829. The standard InChI is InChI=1S/C23H28N2O3/c1-26-21-12-23-22(27-15-28-23)11-18(21)13-24-19-7-4-8-25(14-19)20-9-16-5-2-3-6-17(16)10-20/h2-3,5-6,11-12,19-20,24H,4,7-10,13-15H2,1H3. The number of methoxy groups -OCH3 is 1. The maximum atomic E-state index is 5.56. The fourth-order valence-electron chi connectivity index (χ4n) is 4.85. The van der Waals surface area contributed by atoms with Crippen molar-refractivity contribution in [1.29, 1.82) is 0 Å². The predicted molar refractivity (Wildman–Crippen MR) is 108 cm³/mol. The minimum Gasteiger partial charge on any atom is -0.496 e. The first-order valence-electron chi connectivity index (χ1n) is 10.3. The third-order valence-electron chi connectivity index (χ3n) is 6.36. The molecule has 1 atom stereocenters. The van der Waals surface area contributed by atoms with E-state index in [1.54, 1.807) is 7.11 Å². The average Bonchev–Trinajstić information content (AvgIpc) is 3.37. The number of hydrogen-bond acceptors (Lipinski definition) is 5. The molecule has 0 spiro atoms. The summed E-state index contributed by atoms with van der Waals surface area (Å²) in [6.07, 6.45) is 4.86. The first kappa shape index (κ1) is 17.8. The quantitative estimate of drug-likeness (QED) is 0.863. The zero-order valence-electron chi connectivity index (χ0n) is 16.4. The fraction of sp³-hybridized carbons (Fsp3) is 0.478. The van der Waals surface area contributed by atoms with Crippen LogP contribution in [0.2, 0.25) is 0 Å². The summed E-state index contributed by atoms with van der Waals surface area (Å²) in [5, 5.41) is 3.76. The largest absolute Gasteiger partial charge is 0.496 e. The highest BCUT2D eigenvalue weighted by Crippen LogP contribution is 2.38. The molecule has 1 aliphatic carbocycles. The van der Waals surface area contributed by atoms with E-state index in [9.17, 15) is 0 Å². The van der Waals surface area contributed by atoms with Crippen molar-refractivity contribution in [3.8, 4) is 17.2 Å². The van der Waals surface area contributed by atoms with Gasteiger partial charge in [-0.15, -0.1) is 0 Å². The van der Waals surface area contributed by atoms with Crippen LogP contribution in [0.15, 0.2) is 36.4 Å². The lowest BCUT2D eigenvalue weighted by Gasteiger charge is -2.37. The molecule has 2 aromatic rings. The Morgan fingerprint density at radius 3 is 2.61 bits per heavy atom. The lowest BCUT2D eigenvalue weighted by atomic mass is 10.0. The number of rotatable bonds is 5. The van der Waals surface area contributed by atoms with Gasteiger partial charge in [0.15, 0.2) is 11.5 Å². The first-order chi connectivity index (χ1) is 13.8. The summed E-state index contributed by atoms with van der Waals surface area (Å²) in [6.45, 7) is 3.40. The van der Waals surface area contributed by atoms with Crippen LogP contribution >= 0.6 is 0 Å². The number of nitrogens with zero attached hydrogens (tertiary/aromatic N) is 1. The molecule has 148 valence electrons. The predicted octanol–water partition coefficient (Wildman–Crippen LogP) is 3.15. The van der Waals surface area contributed by atoms with Gasteiger partial charge in [0.1, 0.15) is 5.75 Å². The summed E-state index contributed by atoms with van der Waals surface area (Å²) >= 11 is 0. The maximum Gasteiger partial charge on any atom is 0.231 e. The van der Waals surface area contributed by atoms with E-state index < -0.39 is 0 Å². The Labute approximate surface area is 166 Å². The van der Waals surface area contributed by atoms with Crippen LogP contribution in [-0.4, -0.2) is 44.0 Å². The summed E-state index contributed by atoms with van der Waals surface area (Å²) in [4.78, 5) is 2.69. The van der Waals surface area contributed by atoms with Crippen molar-refractivity contribution in [2.45, 2.75) is 44.3 Å². The number of ether oxygens (including phenoxy) is 3. The van der Waals surface area contributed by atoms with Crippen molar-refractivity contribution < 1.29 is 14.2 Å². The number of likely N-dealkylation sites (tertiary alicyclic amines) is 1. The SMILES string of the molecule is COc1cc2c(cc1CNC1CCCN(C3Cc4ccccc4C3)C1)OCO2. The fourth-order valence-corrected chi connectivity index (χ4v) is 4.85. The van der Waals surface area contributed by atoms with E-state index in [0.29, 0.717) is 12.1 Å². The molecule has 1 unspecified atom stereocenters. The summed E-state index contributed by atoms with van der Waals surface area (Å²) in [5.74, 6) is 2.44. The van der Waals surface area contributed by atoms with E-state index >= 15 is 0 Å². The number of benzene rings is 2. The van der Waals surface area contributed by atoms with Crippen LogP contribution in [0.1, 0.15) is 29.5 Å². The molecule has 28 heavy (non-hydrogen) atoms. The maximum absolute atomic E-state index is 5.56. The van der Waals surface area contributed by atoms with Gasteiger partial charge >= 0.3 is 0 Å².